The number of amides is 1. The van der Waals surface area contributed by atoms with E-state index in [-0.39, 0.29) is 11.3 Å². The number of likely N-dealkylation sites (N-methyl/N-ethyl adjacent to an activating group) is 1. The Balaban J connectivity index is 2.60. The number of ether oxygens (including phenoxy) is 1. The van der Waals surface area contributed by atoms with Gasteiger partial charge in [0.1, 0.15) is 0 Å². The van der Waals surface area contributed by atoms with Gasteiger partial charge < -0.3 is 14.7 Å². The van der Waals surface area contributed by atoms with E-state index < -0.39 is 5.60 Å². The Bertz CT molecular complexity index is 266. The van der Waals surface area contributed by atoms with Gasteiger partial charge in [0.05, 0.1) is 11.0 Å². The Labute approximate surface area is 104 Å². The maximum Gasteiger partial charge on any atom is 0.228 e. The Morgan fingerprint density at radius 3 is 2.41 bits per heavy atom. The lowest BCUT2D eigenvalue weighted by Crippen LogP contribution is -2.50. The standard InChI is InChI=1S/C13H25NO3/c1-12(2,16)10-14(3)11(15)13(6-5-7-13)8-9-17-4/h16H,5-10H2,1-4H3. The molecule has 4 nitrogen and oxygen atoms in total. The van der Waals surface area contributed by atoms with Crippen LogP contribution in [0.5, 0.6) is 0 Å². The first-order valence-corrected chi connectivity index (χ1v) is 6.28. The van der Waals surface area contributed by atoms with Gasteiger partial charge in [0.25, 0.3) is 0 Å². The smallest absolute Gasteiger partial charge is 0.228 e. The molecule has 0 aliphatic heterocycles. The molecule has 0 heterocycles. The first kappa shape index (κ1) is 14.5. The van der Waals surface area contributed by atoms with E-state index in [0.717, 1.165) is 25.7 Å². The third kappa shape index (κ3) is 3.68. The summed E-state index contributed by atoms with van der Waals surface area (Å²) in [4.78, 5) is 14.1. The SMILES string of the molecule is COCCC1(C(=O)N(C)CC(C)(C)O)CCC1. The van der Waals surface area contributed by atoms with Gasteiger partial charge in [-0.3, -0.25) is 4.79 Å². The zero-order valence-electron chi connectivity index (χ0n) is 11.5. The summed E-state index contributed by atoms with van der Waals surface area (Å²) in [7, 11) is 3.44. The van der Waals surface area contributed by atoms with Gasteiger partial charge >= 0.3 is 0 Å². The molecule has 1 rings (SSSR count). The van der Waals surface area contributed by atoms with Crippen molar-refractivity contribution in [1.29, 1.82) is 0 Å². The van der Waals surface area contributed by atoms with Crippen molar-refractivity contribution < 1.29 is 14.6 Å². The average Bonchev–Trinajstić information content (AvgIpc) is 2.13. The number of rotatable bonds is 6. The molecule has 0 bridgehead atoms. The van der Waals surface area contributed by atoms with Gasteiger partial charge in [-0.15, -0.1) is 0 Å². The maximum atomic E-state index is 12.4. The van der Waals surface area contributed by atoms with Gasteiger partial charge in [0.15, 0.2) is 0 Å². The van der Waals surface area contributed by atoms with Crippen LogP contribution in [0.2, 0.25) is 0 Å². The summed E-state index contributed by atoms with van der Waals surface area (Å²) in [5.41, 5.74) is -1.06. The van der Waals surface area contributed by atoms with Crippen LogP contribution in [0.3, 0.4) is 0 Å². The number of hydrogen-bond acceptors (Lipinski definition) is 3. The molecule has 0 aromatic carbocycles. The van der Waals surface area contributed by atoms with E-state index in [4.69, 9.17) is 4.74 Å². The second kappa shape index (κ2) is 5.36. The van der Waals surface area contributed by atoms with Crippen LogP contribution in [-0.2, 0) is 9.53 Å². The van der Waals surface area contributed by atoms with Crippen LogP contribution < -0.4 is 0 Å². The van der Waals surface area contributed by atoms with Crippen molar-refractivity contribution in [2.24, 2.45) is 5.41 Å². The Hall–Kier alpha value is -0.610. The minimum Gasteiger partial charge on any atom is -0.389 e. The van der Waals surface area contributed by atoms with Gasteiger partial charge in [-0.25, -0.2) is 0 Å². The molecule has 0 aromatic heterocycles. The quantitative estimate of drug-likeness (QED) is 0.767. The second-order valence-corrected chi connectivity index (χ2v) is 5.85. The number of hydrogen-bond donors (Lipinski definition) is 1. The minimum atomic E-state index is -0.837. The van der Waals surface area contributed by atoms with Gasteiger partial charge in [0, 0.05) is 27.3 Å². The fourth-order valence-electron chi connectivity index (χ4n) is 2.53. The van der Waals surface area contributed by atoms with E-state index in [2.05, 4.69) is 0 Å². The van der Waals surface area contributed by atoms with Crippen molar-refractivity contribution in [1.82, 2.24) is 4.90 Å². The summed E-state index contributed by atoms with van der Waals surface area (Å²) in [6.07, 6.45) is 3.81. The normalized spacial score (nSPS) is 18.6. The van der Waals surface area contributed by atoms with Crippen molar-refractivity contribution >= 4 is 5.91 Å². The predicted octanol–water partition coefficient (Wildman–Crippen LogP) is 1.42. The molecule has 0 unspecified atom stereocenters. The highest BCUT2D eigenvalue weighted by Gasteiger charge is 2.45. The molecule has 1 N–H and O–H groups in total. The fourth-order valence-corrected chi connectivity index (χ4v) is 2.53. The van der Waals surface area contributed by atoms with Crippen molar-refractivity contribution in [3.8, 4) is 0 Å². The van der Waals surface area contributed by atoms with E-state index in [1.165, 1.54) is 0 Å². The van der Waals surface area contributed by atoms with Crippen LogP contribution in [0.1, 0.15) is 39.5 Å². The Morgan fingerprint density at radius 1 is 1.47 bits per heavy atom. The molecule has 1 aliphatic carbocycles. The maximum absolute atomic E-state index is 12.4. The van der Waals surface area contributed by atoms with Crippen molar-refractivity contribution in [2.45, 2.75) is 45.1 Å². The Morgan fingerprint density at radius 2 is 2.06 bits per heavy atom. The number of carbonyl (C=O) groups excluding carboxylic acids is 1. The highest BCUT2D eigenvalue weighted by Crippen LogP contribution is 2.45. The lowest BCUT2D eigenvalue weighted by atomic mass is 9.66. The van der Waals surface area contributed by atoms with E-state index >= 15 is 0 Å². The number of methoxy groups -OCH3 is 1. The summed E-state index contributed by atoms with van der Waals surface area (Å²) in [5, 5.41) is 9.75. The monoisotopic (exact) mass is 243 g/mol. The lowest BCUT2D eigenvalue weighted by molar-refractivity contribution is -0.150. The summed E-state index contributed by atoms with van der Waals surface area (Å²) < 4.78 is 5.08. The molecule has 0 atom stereocenters. The average molecular weight is 243 g/mol. The summed E-state index contributed by atoms with van der Waals surface area (Å²) in [5.74, 6) is 0.155. The molecule has 1 amide bonds. The highest BCUT2D eigenvalue weighted by atomic mass is 16.5. The van der Waals surface area contributed by atoms with Crippen LogP contribution in [0.4, 0.5) is 0 Å². The first-order chi connectivity index (χ1) is 7.81. The molecule has 0 aromatic rings. The molecule has 0 spiro atoms. The van der Waals surface area contributed by atoms with E-state index in [1.807, 2.05) is 0 Å². The number of nitrogens with zero attached hydrogens (tertiary/aromatic N) is 1. The van der Waals surface area contributed by atoms with E-state index in [1.54, 1.807) is 32.9 Å². The van der Waals surface area contributed by atoms with Gasteiger partial charge in [-0.1, -0.05) is 6.42 Å². The Kier molecular flexibility index (Phi) is 4.55. The van der Waals surface area contributed by atoms with Crippen LogP contribution in [0, 0.1) is 5.41 Å². The van der Waals surface area contributed by atoms with Gasteiger partial charge in [0.2, 0.25) is 5.91 Å². The van der Waals surface area contributed by atoms with Crippen LogP contribution in [-0.4, -0.2) is 48.8 Å². The third-order valence-corrected chi connectivity index (χ3v) is 3.52. The van der Waals surface area contributed by atoms with Crippen molar-refractivity contribution in [3.05, 3.63) is 0 Å². The summed E-state index contributed by atoms with van der Waals surface area (Å²) in [6, 6.07) is 0. The molecule has 0 saturated heterocycles. The number of aliphatic hydroxyl groups is 1. The van der Waals surface area contributed by atoms with E-state index in [0.29, 0.717) is 13.2 Å². The molecular formula is C13H25NO3. The molecule has 17 heavy (non-hydrogen) atoms. The van der Waals surface area contributed by atoms with E-state index in [9.17, 15) is 9.90 Å². The zero-order valence-corrected chi connectivity index (χ0v) is 11.5. The number of carbonyl (C=O) groups is 1. The zero-order chi connectivity index (χ0) is 13.1. The minimum absolute atomic E-state index is 0.155. The molecule has 1 saturated carbocycles. The van der Waals surface area contributed by atoms with Crippen LogP contribution in [0.25, 0.3) is 0 Å². The highest BCUT2D eigenvalue weighted by molar-refractivity contribution is 5.83. The van der Waals surface area contributed by atoms with Crippen LogP contribution in [0.15, 0.2) is 0 Å². The summed E-state index contributed by atoms with van der Waals surface area (Å²) >= 11 is 0. The molecule has 100 valence electrons. The molecule has 0 radical (unpaired) electrons. The lowest BCUT2D eigenvalue weighted by Gasteiger charge is -2.43. The predicted molar refractivity (Wildman–Crippen MR) is 66.7 cm³/mol. The fraction of sp³-hybridized carbons (Fsp3) is 0.923. The van der Waals surface area contributed by atoms with Gasteiger partial charge in [-0.05, 0) is 33.1 Å². The van der Waals surface area contributed by atoms with Crippen molar-refractivity contribution in [3.63, 3.8) is 0 Å². The topological polar surface area (TPSA) is 49.8 Å². The summed E-state index contributed by atoms with van der Waals surface area (Å²) in [6.45, 7) is 4.45. The molecule has 4 heteroatoms. The third-order valence-electron chi connectivity index (χ3n) is 3.52. The first-order valence-electron chi connectivity index (χ1n) is 6.28. The molecule has 1 aliphatic rings. The second-order valence-electron chi connectivity index (χ2n) is 5.85. The molecular weight excluding hydrogens is 218 g/mol. The molecule has 1 fully saturated rings. The largest absolute Gasteiger partial charge is 0.389 e. The van der Waals surface area contributed by atoms with Gasteiger partial charge in [-0.2, -0.15) is 0 Å². The van der Waals surface area contributed by atoms with Crippen molar-refractivity contribution in [2.75, 3.05) is 27.3 Å². The van der Waals surface area contributed by atoms with Crippen LogP contribution >= 0.6 is 0 Å².